The number of rotatable bonds is 14. The molecule has 0 bridgehead atoms. The molecule has 0 aliphatic rings. The number of anilines is 1. The van der Waals surface area contributed by atoms with Crippen LogP contribution in [0.15, 0.2) is 71.6 Å². The van der Waals surface area contributed by atoms with Gasteiger partial charge in [-0.1, -0.05) is 43.7 Å². The molecule has 0 saturated heterocycles. The SMILES string of the molecule is CC[C@H](C(=O)N[C@@H](C)CC)N(Cc1ccc(C)cc1)C(=O)CN(c1ccc(F)cc1)S(=O)(=O)c1ccc(OC)c(OC)c1. The lowest BCUT2D eigenvalue weighted by atomic mass is 10.1. The van der Waals surface area contributed by atoms with Gasteiger partial charge in [0.2, 0.25) is 11.8 Å². The van der Waals surface area contributed by atoms with Gasteiger partial charge in [-0.2, -0.15) is 0 Å². The third kappa shape index (κ3) is 8.25. The van der Waals surface area contributed by atoms with E-state index in [0.29, 0.717) is 18.6 Å². The molecule has 0 aromatic heterocycles. The standard InChI is InChI=1S/C32H40FN3O6S/c1-7-23(4)34-32(38)28(8-2)35(20-24-11-9-22(3)10-12-24)31(37)21-36(26-15-13-25(33)14-16-26)43(39,40)27-17-18-29(41-5)30(19-27)42-6/h9-19,23,28H,7-8,20-21H2,1-6H3,(H,34,38)/t23-,28+/m0/s1. The quantitative estimate of drug-likeness (QED) is 0.272. The Bertz CT molecular complexity index is 1500. The molecular formula is C32H40FN3O6S. The van der Waals surface area contributed by atoms with Gasteiger partial charge < -0.3 is 19.7 Å². The number of nitrogens with zero attached hydrogens (tertiary/aromatic N) is 2. The lowest BCUT2D eigenvalue weighted by Crippen LogP contribution is -2.53. The second kappa shape index (κ2) is 14.9. The minimum absolute atomic E-state index is 0.0805. The first-order valence-electron chi connectivity index (χ1n) is 14.1. The van der Waals surface area contributed by atoms with Crippen LogP contribution >= 0.6 is 0 Å². The first-order chi connectivity index (χ1) is 20.4. The van der Waals surface area contributed by atoms with Gasteiger partial charge in [0.05, 0.1) is 24.8 Å². The van der Waals surface area contributed by atoms with Crippen LogP contribution in [-0.4, -0.2) is 58.0 Å². The Kier molecular flexibility index (Phi) is 11.5. The maximum atomic E-state index is 14.1. The van der Waals surface area contributed by atoms with Crippen LogP contribution in [0.1, 0.15) is 44.7 Å². The largest absolute Gasteiger partial charge is 0.493 e. The van der Waals surface area contributed by atoms with Gasteiger partial charge in [-0.15, -0.1) is 0 Å². The number of amides is 2. The second-order valence-corrected chi connectivity index (χ2v) is 12.1. The van der Waals surface area contributed by atoms with Crippen molar-refractivity contribution in [3.63, 3.8) is 0 Å². The number of halogens is 1. The molecule has 0 aliphatic carbocycles. The smallest absolute Gasteiger partial charge is 0.264 e. The normalized spacial score (nSPS) is 12.6. The number of ether oxygens (including phenoxy) is 2. The Balaban J connectivity index is 2.09. The van der Waals surface area contributed by atoms with Crippen molar-refractivity contribution in [2.24, 2.45) is 0 Å². The first-order valence-corrected chi connectivity index (χ1v) is 15.5. The maximum Gasteiger partial charge on any atom is 0.264 e. The highest BCUT2D eigenvalue weighted by atomic mass is 32.2. The predicted octanol–water partition coefficient (Wildman–Crippen LogP) is 5.07. The van der Waals surface area contributed by atoms with Crippen molar-refractivity contribution in [1.82, 2.24) is 10.2 Å². The van der Waals surface area contributed by atoms with E-state index < -0.39 is 34.3 Å². The summed E-state index contributed by atoms with van der Waals surface area (Å²) in [6.45, 7) is 7.01. The molecule has 2 amide bonds. The molecule has 3 rings (SSSR count). The monoisotopic (exact) mass is 613 g/mol. The Morgan fingerprint density at radius 1 is 0.907 bits per heavy atom. The molecule has 0 unspecified atom stereocenters. The van der Waals surface area contributed by atoms with Crippen molar-refractivity contribution in [1.29, 1.82) is 0 Å². The fourth-order valence-corrected chi connectivity index (χ4v) is 5.92. The molecule has 2 atom stereocenters. The predicted molar refractivity (Wildman–Crippen MR) is 164 cm³/mol. The van der Waals surface area contributed by atoms with Crippen molar-refractivity contribution >= 4 is 27.5 Å². The summed E-state index contributed by atoms with van der Waals surface area (Å²) >= 11 is 0. The Hall–Kier alpha value is -4.12. The van der Waals surface area contributed by atoms with Crippen LogP contribution in [0.25, 0.3) is 0 Å². The molecule has 232 valence electrons. The summed E-state index contributed by atoms with van der Waals surface area (Å²) in [5, 5.41) is 2.95. The summed E-state index contributed by atoms with van der Waals surface area (Å²) in [4.78, 5) is 28.8. The van der Waals surface area contributed by atoms with Crippen LogP contribution in [-0.2, 0) is 26.2 Å². The molecule has 9 nitrogen and oxygen atoms in total. The highest BCUT2D eigenvalue weighted by Crippen LogP contribution is 2.32. The van der Waals surface area contributed by atoms with E-state index in [1.54, 1.807) is 6.92 Å². The zero-order valence-corrected chi connectivity index (χ0v) is 26.3. The zero-order chi connectivity index (χ0) is 31.7. The minimum Gasteiger partial charge on any atom is -0.493 e. The molecule has 0 radical (unpaired) electrons. The van der Waals surface area contributed by atoms with Crippen molar-refractivity contribution in [2.75, 3.05) is 25.1 Å². The van der Waals surface area contributed by atoms with E-state index in [0.717, 1.165) is 27.6 Å². The third-order valence-electron chi connectivity index (χ3n) is 7.20. The molecular weight excluding hydrogens is 573 g/mol. The highest BCUT2D eigenvalue weighted by Gasteiger charge is 2.34. The fraction of sp³-hybridized carbons (Fsp3) is 0.375. The number of carbonyl (C=O) groups excluding carboxylic acids is 2. The Morgan fingerprint density at radius 3 is 2.09 bits per heavy atom. The molecule has 0 aliphatic heterocycles. The fourth-order valence-electron chi connectivity index (χ4n) is 4.49. The number of methoxy groups -OCH3 is 2. The number of aryl methyl sites for hydroxylation is 1. The van der Waals surface area contributed by atoms with E-state index in [-0.39, 0.29) is 34.8 Å². The number of sulfonamides is 1. The van der Waals surface area contributed by atoms with Crippen LogP contribution in [0.5, 0.6) is 11.5 Å². The zero-order valence-electron chi connectivity index (χ0n) is 25.5. The van der Waals surface area contributed by atoms with Crippen molar-refractivity contribution in [2.45, 2.75) is 64.1 Å². The van der Waals surface area contributed by atoms with E-state index in [2.05, 4.69) is 5.32 Å². The first kappa shape index (κ1) is 33.4. The molecule has 0 saturated carbocycles. The third-order valence-corrected chi connectivity index (χ3v) is 8.97. The van der Waals surface area contributed by atoms with Crippen LogP contribution in [0.3, 0.4) is 0 Å². The molecule has 3 aromatic carbocycles. The van der Waals surface area contributed by atoms with Crippen LogP contribution in [0.4, 0.5) is 10.1 Å². The minimum atomic E-state index is -4.38. The van der Waals surface area contributed by atoms with E-state index in [1.165, 1.54) is 49.5 Å². The number of hydrogen-bond acceptors (Lipinski definition) is 6. The van der Waals surface area contributed by atoms with Gasteiger partial charge >= 0.3 is 0 Å². The van der Waals surface area contributed by atoms with Gasteiger partial charge in [0.15, 0.2) is 11.5 Å². The lowest BCUT2D eigenvalue weighted by Gasteiger charge is -2.33. The second-order valence-electron chi connectivity index (χ2n) is 10.3. The summed E-state index contributed by atoms with van der Waals surface area (Å²) in [6.07, 6.45) is 1.01. The van der Waals surface area contributed by atoms with E-state index in [4.69, 9.17) is 9.47 Å². The van der Waals surface area contributed by atoms with Gasteiger partial charge in [-0.3, -0.25) is 13.9 Å². The van der Waals surface area contributed by atoms with Crippen LogP contribution < -0.4 is 19.1 Å². The van der Waals surface area contributed by atoms with Gasteiger partial charge in [-0.05, 0) is 68.7 Å². The molecule has 3 aromatic rings. The molecule has 1 N–H and O–H groups in total. The van der Waals surface area contributed by atoms with E-state index in [9.17, 15) is 22.4 Å². The van der Waals surface area contributed by atoms with Crippen molar-refractivity contribution in [3.05, 3.63) is 83.7 Å². The van der Waals surface area contributed by atoms with Crippen molar-refractivity contribution in [3.8, 4) is 11.5 Å². The summed E-state index contributed by atoms with van der Waals surface area (Å²) in [5.41, 5.74) is 1.90. The van der Waals surface area contributed by atoms with Crippen LogP contribution in [0, 0.1) is 12.7 Å². The van der Waals surface area contributed by atoms with E-state index in [1.807, 2.05) is 45.0 Å². The number of nitrogens with one attached hydrogen (secondary N) is 1. The topological polar surface area (TPSA) is 105 Å². The molecule has 11 heteroatoms. The average Bonchev–Trinajstić information content (AvgIpc) is 3.00. The summed E-state index contributed by atoms with van der Waals surface area (Å²) in [6, 6.07) is 15.5. The number of carbonyl (C=O) groups is 2. The Morgan fingerprint density at radius 2 is 1.53 bits per heavy atom. The molecule has 0 spiro atoms. The molecule has 0 fully saturated rings. The molecule has 43 heavy (non-hydrogen) atoms. The van der Waals surface area contributed by atoms with Gasteiger partial charge in [0, 0.05) is 18.7 Å². The summed E-state index contributed by atoms with van der Waals surface area (Å²) in [7, 11) is -1.57. The maximum absolute atomic E-state index is 14.1. The Labute approximate surface area is 253 Å². The summed E-state index contributed by atoms with van der Waals surface area (Å²) < 4.78 is 53.5. The average molecular weight is 614 g/mol. The van der Waals surface area contributed by atoms with Crippen molar-refractivity contribution < 1.29 is 31.9 Å². The molecule has 0 heterocycles. The number of hydrogen-bond donors (Lipinski definition) is 1. The van der Waals surface area contributed by atoms with Gasteiger partial charge in [0.25, 0.3) is 10.0 Å². The number of benzene rings is 3. The summed E-state index contributed by atoms with van der Waals surface area (Å²) in [5.74, 6) is -0.975. The van der Waals surface area contributed by atoms with E-state index >= 15 is 0 Å². The van der Waals surface area contributed by atoms with Gasteiger partial charge in [0.1, 0.15) is 18.4 Å². The highest BCUT2D eigenvalue weighted by molar-refractivity contribution is 7.92. The lowest BCUT2D eigenvalue weighted by molar-refractivity contribution is -0.140. The van der Waals surface area contributed by atoms with Gasteiger partial charge in [-0.25, -0.2) is 12.8 Å². The van der Waals surface area contributed by atoms with Crippen LogP contribution in [0.2, 0.25) is 0 Å².